The van der Waals surface area contributed by atoms with E-state index in [0.29, 0.717) is 28.7 Å². The summed E-state index contributed by atoms with van der Waals surface area (Å²) in [7, 11) is 1.87. The molecule has 2 saturated heterocycles. The van der Waals surface area contributed by atoms with Crippen LogP contribution in [0.5, 0.6) is 0 Å². The Morgan fingerprint density at radius 2 is 1.72 bits per heavy atom. The molecule has 4 heterocycles. The number of rotatable bonds is 3. The summed E-state index contributed by atoms with van der Waals surface area (Å²) in [5, 5.41) is 6.12. The van der Waals surface area contributed by atoms with Crippen molar-refractivity contribution in [3.8, 4) is 0 Å². The van der Waals surface area contributed by atoms with Crippen LogP contribution in [-0.4, -0.2) is 43.7 Å². The number of aromatic nitrogens is 4. The van der Waals surface area contributed by atoms with Gasteiger partial charge in [0.25, 0.3) is 0 Å². The highest BCUT2D eigenvalue weighted by molar-refractivity contribution is 7.71. The molecule has 2 aromatic heterocycles. The normalized spacial score (nSPS) is 22.8. The van der Waals surface area contributed by atoms with E-state index in [1.807, 2.05) is 60.1 Å². The minimum atomic E-state index is -0.757. The van der Waals surface area contributed by atoms with Crippen LogP contribution in [-0.2, 0) is 27.9 Å². The maximum absolute atomic E-state index is 13.0. The Morgan fingerprint density at radius 3 is 2.41 bits per heavy atom. The molecule has 0 spiro atoms. The van der Waals surface area contributed by atoms with Gasteiger partial charge < -0.3 is 18.6 Å². The first-order valence-electron chi connectivity index (χ1n) is 10.5. The average molecular weight is 449 g/mol. The largest absolute Gasteiger partial charge is 0.343 e. The number of ether oxygens (including phenoxy) is 2. The molecule has 0 aliphatic carbocycles. The predicted octanol–water partition coefficient (Wildman–Crippen LogP) is 2.72. The maximum atomic E-state index is 13.0. The van der Waals surface area contributed by atoms with Crippen molar-refractivity contribution in [2.75, 3.05) is 6.61 Å². The lowest BCUT2D eigenvalue weighted by Crippen LogP contribution is -2.37. The third-order valence-corrected chi connectivity index (χ3v) is 6.86. The van der Waals surface area contributed by atoms with E-state index >= 15 is 0 Å². The molecule has 0 unspecified atom stereocenters. The predicted molar refractivity (Wildman–Crippen MR) is 120 cm³/mol. The standard InChI is InChI=1S/C23H20N4O4S/c1-25-20(24-27(23(25)32)17-10-18(28)22-30-12-19(17)31-22)11-26-15-8-4-2-6-13(15)21(29)14-7-3-5-9-16(14)26/h2-9,17,19,22H,10-12H2,1H3/t17-,19+,22+/m1/s1. The van der Waals surface area contributed by atoms with E-state index in [-0.39, 0.29) is 29.8 Å². The Balaban J connectivity index is 1.50. The third kappa shape index (κ3) is 2.82. The van der Waals surface area contributed by atoms with Crippen molar-refractivity contribution in [3.63, 3.8) is 0 Å². The molecular weight excluding hydrogens is 428 g/mol. The number of carbonyl (C=O) groups is 1. The van der Waals surface area contributed by atoms with Crippen molar-refractivity contribution < 1.29 is 14.3 Å². The van der Waals surface area contributed by atoms with Crippen LogP contribution in [0.25, 0.3) is 21.8 Å². The van der Waals surface area contributed by atoms with Crippen molar-refractivity contribution in [1.29, 1.82) is 0 Å². The first kappa shape index (κ1) is 19.5. The number of hydrogen-bond acceptors (Lipinski definition) is 6. The maximum Gasteiger partial charge on any atom is 0.218 e. The number of fused-ring (bicyclic) bond motifs is 4. The molecule has 32 heavy (non-hydrogen) atoms. The molecule has 2 aliphatic rings. The highest BCUT2D eigenvalue weighted by Crippen LogP contribution is 2.33. The molecular formula is C23H20N4O4S. The number of hydrogen-bond donors (Lipinski definition) is 0. The zero-order chi connectivity index (χ0) is 22.0. The molecule has 6 rings (SSSR count). The molecule has 0 radical (unpaired) electrons. The summed E-state index contributed by atoms with van der Waals surface area (Å²) in [5.41, 5.74) is 1.68. The van der Waals surface area contributed by atoms with Crippen LogP contribution in [0, 0.1) is 4.77 Å². The topological polar surface area (TPSA) is 80.3 Å². The summed E-state index contributed by atoms with van der Waals surface area (Å²) in [4.78, 5) is 25.3. The fourth-order valence-corrected chi connectivity index (χ4v) is 4.99. The summed E-state index contributed by atoms with van der Waals surface area (Å²) >= 11 is 5.67. The van der Waals surface area contributed by atoms with Gasteiger partial charge in [0.1, 0.15) is 6.10 Å². The summed E-state index contributed by atoms with van der Waals surface area (Å²) in [6.07, 6.45) is -0.724. The molecule has 2 aliphatic heterocycles. The van der Waals surface area contributed by atoms with Crippen LogP contribution >= 0.6 is 12.2 Å². The fourth-order valence-electron chi connectivity index (χ4n) is 4.71. The van der Waals surface area contributed by atoms with Gasteiger partial charge in [0.05, 0.1) is 30.2 Å². The smallest absolute Gasteiger partial charge is 0.218 e. The fraction of sp³-hybridized carbons (Fsp3) is 0.304. The molecule has 0 amide bonds. The van der Waals surface area contributed by atoms with Crippen LogP contribution in [0.1, 0.15) is 18.3 Å². The molecule has 3 atom stereocenters. The van der Waals surface area contributed by atoms with Crippen LogP contribution in [0.15, 0.2) is 53.3 Å². The number of carbonyl (C=O) groups excluding carboxylic acids is 1. The Labute approximate surface area is 187 Å². The van der Waals surface area contributed by atoms with Crippen LogP contribution < -0.4 is 5.43 Å². The lowest BCUT2D eigenvalue weighted by Gasteiger charge is -2.26. The molecule has 8 nitrogen and oxygen atoms in total. The number of benzene rings is 2. The Hall–Kier alpha value is -3.14. The van der Waals surface area contributed by atoms with E-state index in [2.05, 4.69) is 4.57 Å². The zero-order valence-electron chi connectivity index (χ0n) is 17.3. The van der Waals surface area contributed by atoms with E-state index in [0.717, 1.165) is 16.9 Å². The summed E-state index contributed by atoms with van der Waals surface area (Å²) in [5.74, 6) is 0.637. The highest BCUT2D eigenvalue weighted by Gasteiger charge is 2.45. The average Bonchev–Trinajstić information content (AvgIpc) is 3.37. The summed E-state index contributed by atoms with van der Waals surface area (Å²) in [6.45, 7) is 0.767. The van der Waals surface area contributed by atoms with Crippen LogP contribution in [0.2, 0.25) is 0 Å². The van der Waals surface area contributed by atoms with Crippen molar-refractivity contribution in [2.24, 2.45) is 7.05 Å². The Kier molecular flexibility index (Phi) is 4.39. The van der Waals surface area contributed by atoms with Gasteiger partial charge in [-0.1, -0.05) is 24.3 Å². The van der Waals surface area contributed by atoms with Gasteiger partial charge in [-0.2, -0.15) is 5.10 Å². The number of ketones is 1. The number of nitrogens with zero attached hydrogens (tertiary/aromatic N) is 4. The van der Waals surface area contributed by atoms with E-state index in [1.165, 1.54) is 0 Å². The molecule has 162 valence electrons. The Bertz CT molecular complexity index is 1460. The number of para-hydroxylation sites is 2. The van der Waals surface area contributed by atoms with Crippen LogP contribution in [0.4, 0.5) is 0 Å². The Morgan fingerprint density at radius 1 is 1.06 bits per heavy atom. The lowest BCUT2D eigenvalue weighted by atomic mass is 10.0. The third-order valence-electron chi connectivity index (χ3n) is 6.40. The van der Waals surface area contributed by atoms with Crippen molar-refractivity contribution in [2.45, 2.75) is 31.4 Å². The SMILES string of the molecule is Cn1c(Cn2c3ccccc3c(=O)c3ccccc32)nn([C@@H]2CC(=O)[C@H]3OC[C@@H]2O3)c1=S. The van der Waals surface area contributed by atoms with Gasteiger partial charge in [0.2, 0.25) is 6.29 Å². The quantitative estimate of drug-likeness (QED) is 0.354. The van der Waals surface area contributed by atoms with Crippen molar-refractivity contribution in [1.82, 2.24) is 18.9 Å². The molecule has 2 aromatic carbocycles. The minimum Gasteiger partial charge on any atom is -0.343 e. The van der Waals surface area contributed by atoms with Gasteiger partial charge in [0, 0.05) is 24.2 Å². The van der Waals surface area contributed by atoms with Crippen molar-refractivity contribution >= 4 is 39.8 Å². The highest BCUT2D eigenvalue weighted by atomic mass is 32.1. The van der Waals surface area contributed by atoms with E-state index in [4.69, 9.17) is 26.8 Å². The van der Waals surface area contributed by atoms with Gasteiger partial charge in [-0.05, 0) is 36.5 Å². The number of pyridine rings is 1. The summed E-state index contributed by atoms with van der Waals surface area (Å²) in [6, 6.07) is 14.9. The molecule has 9 heteroatoms. The monoisotopic (exact) mass is 448 g/mol. The number of Topliss-reactive ketones (excluding diaryl/α,β-unsaturated/α-hetero) is 1. The van der Waals surface area contributed by atoms with E-state index in [1.54, 1.807) is 4.68 Å². The first-order valence-corrected chi connectivity index (χ1v) is 10.9. The molecule has 0 saturated carbocycles. The second-order valence-electron chi connectivity index (χ2n) is 8.23. The lowest BCUT2D eigenvalue weighted by molar-refractivity contribution is -0.156. The van der Waals surface area contributed by atoms with Gasteiger partial charge in [-0.15, -0.1) is 0 Å². The van der Waals surface area contributed by atoms with Crippen LogP contribution in [0.3, 0.4) is 0 Å². The van der Waals surface area contributed by atoms with Crippen molar-refractivity contribution in [3.05, 3.63) is 69.3 Å². The molecule has 4 aromatic rings. The molecule has 2 bridgehead atoms. The first-order chi connectivity index (χ1) is 15.5. The van der Waals surface area contributed by atoms with Gasteiger partial charge in [-0.3, -0.25) is 9.59 Å². The minimum absolute atomic E-state index is 0.0139. The van der Waals surface area contributed by atoms with Gasteiger partial charge in [-0.25, -0.2) is 4.68 Å². The van der Waals surface area contributed by atoms with Gasteiger partial charge in [0.15, 0.2) is 21.8 Å². The second kappa shape index (κ2) is 7.19. The second-order valence-corrected chi connectivity index (χ2v) is 8.59. The van der Waals surface area contributed by atoms with E-state index < -0.39 is 6.29 Å². The zero-order valence-corrected chi connectivity index (χ0v) is 18.1. The molecule has 2 fully saturated rings. The summed E-state index contributed by atoms with van der Waals surface area (Å²) < 4.78 is 17.3. The van der Waals surface area contributed by atoms with Gasteiger partial charge >= 0.3 is 0 Å². The van der Waals surface area contributed by atoms with E-state index in [9.17, 15) is 9.59 Å². The molecule has 0 N–H and O–H groups in total.